The highest BCUT2D eigenvalue weighted by molar-refractivity contribution is 5.93. The molecule has 2 aliphatic heterocycles. The number of hydrogen-bond donors (Lipinski definition) is 3. The molecule has 3 fully saturated rings. The summed E-state index contributed by atoms with van der Waals surface area (Å²) in [4.78, 5) is 29.6. The molecule has 0 unspecified atom stereocenters. The van der Waals surface area contributed by atoms with Crippen LogP contribution in [0.4, 0.5) is 0 Å². The number of aliphatic hydroxyl groups is 3. The van der Waals surface area contributed by atoms with Gasteiger partial charge in [0.05, 0.1) is 22.7 Å². The lowest BCUT2D eigenvalue weighted by Crippen LogP contribution is -2.81. The summed E-state index contributed by atoms with van der Waals surface area (Å²) in [5.74, 6) is -0.891. The Morgan fingerprint density at radius 2 is 1.74 bits per heavy atom. The number of hydrogen-bond acceptors (Lipinski definition) is 8. The molecule has 2 heterocycles. The van der Waals surface area contributed by atoms with Gasteiger partial charge in [0, 0.05) is 25.9 Å². The third-order valence-corrected chi connectivity index (χ3v) is 11.2. The summed E-state index contributed by atoms with van der Waals surface area (Å²) in [6.45, 7) is 15.2. The molecule has 3 N–H and O–H groups in total. The smallest absolute Gasteiger partial charge is 0.306 e. The van der Waals surface area contributed by atoms with E-state index in [-0.39, 0.29) is 12.8 Å². The van der Waals surface area contributed by atoms with Crippen LogP contribution in [-0.4, -0.2) is 80.6 Å². The third kappa shape index (κ3) is 5.03. The van der Waals surface area contributed by atoms with E-state index in [4.69, 9.17) is 9.47 Å². The molecule has 0 aromatic heterocycles. The Balaban J connectivity index is 1.32. The number of Topliss-reactive ketones (excluding diaryl/α,β-unsaturated/α-hetero) is 1. The van der Waals surface area contributed by atoms with Crippen molar-refractivity contribution >= 4 is 11.8 Å². The molecule has 0 spiro atoms. The molecular formula is C35H49NO7. The SMILES string of the molecule is C=C[C@@]1(C)CC(=O)[C@@]2(O)[C@](C)(O1)[C@@H](OC(=O)CCCN1CCC(O)(c3ccccc3)CC1)C=C1C(C)(C)CC[C@H](O)[C@@]12C. The highest BCUT2D eigenvalue weighted by Gasteiger charge is 2.76. The van der Waals surface area contributed by atoms with Crippen LogP contribution in [0.3, 0.4) is 0 Å². The monoisotopic (exact) mass is 595 g/mol. The minimum atomic E-state index is -2.13. The molecular weight excluding hydrogens is 546 g/mol. The van der Waals surface area contributed by atoms with Crippen molar-refractivity contribution < 1.29 is 34.4 Å². The zero-order valence-corrected chi connectivity index (χ0v) is 26.4. The number of carbonyl (C=O) groups excluding carboxylic acids is 2. The van der Waals surface area contributed by atoms with E-state index in [2.05, 4.69) is 11.5 Å². The van der Waals surface area contributed by atoms with Gasteiger partial charge < -0.3 is 29.7 Å². The number of piperidine rings is 1. The second-order valence-electron chi connectivity index (χ2n) is 14.5. The lowest BCUT2D eigenvalue weighted by atomic mass is 9.44. The van der Waals surface area contributed by atoms with Crippen LogP contribution in [0.5, 0.6) is 0 Å². The molecule has 8 heteroatoms. The first-order valence-electron chi connectivity index (χ1n) is 15.7. The molecule has 4 aliphatic rings. The minimum Gasteiger partial charge on any atom is -0.455 e. The zero-order chi connectivity index (χ0) is 31.5. The van der Waals surface area contributed by atoms with Gasteiger partial charge in [-0.25, -0.2) is 0 Å². The van der Waals surface area contributed by atoms with E-state index < -0.39 is 57.2 Å². The molecule has 8 nitrogen and oxygen atoms in total. The summed E-state index contributed by atoms with van der Waals surface area (Å²) in [5, 5.41) is 35.0. The number of esters is 1. The van der Waals surface area contributed by atoms with Gasteiger partial charge in [-0.2, -0.15) is 0 Å². The van der Waals surface area contributed by atoms with Gasteiger partial charge in [-0.05, 0) is 76.5 Å². The van der Waals surface area contributed by atoms with Gasteiger partial charge in [0.2, 0.25) is 0 Å². The van der Waals surface area contributed by atoms with Gasteiger partial charge in [0.25, 0.3) is 0 Å². The molecule has 2 saturated heterocycles. The highest BCUT2D eigenvalue weighted by atomic mass is 16.6. The molecule has 2 aliphatic carbocycles. The van der Waals surface area contributed by atoms with E-state index in [0.717, 1.165) is 24.2 Å². The normalized spacial score (nSPS) is 38.8. The lowest BCUT2D eigenvalue weighted by Gasteiger charge is -2.66. The van der Waals surface area contributed by atoms with Crippen molar-refractivity contribution in [3.63, 3.8) is 0 Å². The van der Waals surface area contributed by atoms with Crippen LogP contribution < -0.4 is 0 Å². The fourth-order valence-corrected chi connectivity index (χ4v) is 8.43. The van der Waals surface area contributed by atoms with Gasteiger partial charge in [-0.3, -0.25) is 9.59 Å². The molecule has 1 aromatic rings. The van der Waals surface area contributed by atoms with Crippen LogP contribution in [0.25, 0.3) is 0 Å². The molecule has 6 atom stereocenters. The summed E-state index contributed by atoms with van der Waals surface area (Å²) in [7, 11) is 0. The second kappa shape index (κ2) is 10.9. The maximum absolute atomic E-state index is 14.0. The zero-order valence-electron chi connectivity index (χ0n) is 26.4. The van der Waals surface area contributed by atoms with Gasteiger partial charge in [-0.1, -0.05) is 55.8 Å². The van der Waals surface area contributed by atoms with Crippen LogP contribution >= 0.6 is 0 Å². The van der Waals surface area contributed by atoms with Crippen LogP contribution in [0.1, 0.15) is 85.1 Å². The molecule has 0 bridgehead atoms. The number of benzene rings is 1. The Bertz CT molecular complexity index is 1280. The van der Waals surface area contributed by atoms with Crippen molar-refractivity contribution in [3.05, 3.63) is 60.2 Å². The fourth-order valence-electron chi connectivity index (χ4n) is 8.43. The number of rotatable bonds is 7. The molecule has 1 saturated carbocycles. The number of likely N-dealkylation sites (tertiary alicyclic amines) is 1. The van der Waals surface area contributed by atoms with Crippen molar-refractivity contribution in [2.45, 2.75) is 114 Å². The van der Waals surface area contributed by atoms with E-state index in [1.54, 1.807) is 26.8 Å². The Labute approximate surface area is 255 Å². The third-order valence-electron chi connectivity index (χ3n) is 11.2. The summed E-state index contributed by atoms with van der Waals surface area (Å²) in [6, 6.07) is 9.76. The first-order valence-corrected chi connectivity index (χ1v) is 15.7. The van der Waals surface area contributed by atoms with Gasteiger partial charge >= 0.3 is 5.97 Å². The summed E-state index contributed by atoms with van der Waals surface area (Å²) in [6.07, 6.45) is 4.32. The Morgan fingerprint density at radius 3 is 2.37 bits per heavy atom. The molecule has 1 aromatic carbocycles. The number of aliphatic hydroxyl groups excluding tert-OH is 1. The summed E-state index contributed by atoms with van der Waals surface area (Å²) >= 11 is 0. The van der Waals surface area contributed by atoms with Crippen LogP contribution in [0, 0.1) is 10.8 Å². The molecule has 43 heavy (non-hydrogen) atoms. The molecule has 236 valence electrons. The Hall–Kier alpha value is -2.36. The lowest BCUT2D eigenvalue weighted by molar-refractivity contribution is -0.305. The van der Waals surface area contributed by atoms with Gasteiger partial charge in [0.1, 0.15) is 5.60 Å². The van der Waals surface area contributed by atoms with Gasteiger partial charge in [-0.15, -0.1) is 6.58 Å². The van der Waals surface area contributed by atoms with Crippen molar-refractivity contribution in [1.82, 2.24) is 4.90 Å². The van der Waals surface area contributed by atoms with Crippen molar-refractivity contribution in [2.24, 2.45) is 10.8 Å². The number of ether oxygens (including phenoxy) is 2. The van der Waals surface area contributed by atoms with E-state index in [9.17, 15) is 24.9 Å². The predicted octanol–water partition coefficient (Wildman–Crippen LogP) is 4.21. The number of ketones is 1. The summed E-state index contributed by atoms with van der Waals surface area (Å²) < 4.78 is 12.6. The van der Waals surface area contributed by atoms with Crippen LogP contribution in [0.15, 0.2) is 54.6 Å². The van der Waals surface area contributed by atoms with E-state index in [1.165, 1.54) is 0 Å². The maximum atomic E-state index is 14.0. The second-order valence-corrected chi connectivity index (χ2v) is 14.5. The number of nitrogens with zero attached hydrogens (tertiary/aromatic N) is 1. The van der Waals surface area contributed by atoms with E-state index >= 15 is 0 Å². The Morgan fingerprint density at radius 1 is 1.09 bits per heavy atom. The van der Waals surface area contributed by atoms with E-state index in [0.29, 0.717) is 38.6 Å². The first kappa shape index (κ1) is 32.0. The molecule has 0 amide bonds. The average Bonchev–Trinajstić information content (AvgIpc) is 2.96. The number of carbonyl (C=O) groups is 2. The predicted molar refractivity (Wildman–Crippen MR) is 163 cm³/mol. The van der Waals surface area contributed by atoms with Crippen LogP contribution in [-0.2, 0) is 24.7 Å². The van der Waals surface area contributed by atoms with Gasteiger partial charge in [0.15, 0.2) is 17.5 Å². The van der Waals surface area contributed by atoms with Crippen molar-refractivity contribution in [3.8, 4) is 0 Å². The Kier molecular flexibility index (Phi) is 8.13. The summed E-state index contributed by atoms with van der Waals surface area (Å²) in [5.41, 5.74) is -5.78. The average molecular weight is 596 g/mol. The van der Waals surface area contributed by atoms with Crippen molar-refractivity contribution in [2.75, 3.05) is 19.6 Å². The van der Waals surface area contributed by atoms with Crippen LogP contribution in [0.2, 0.25) is 0 Å². The molecule has 5 rings (SSSR count). The highest BCUT2D eigenvalue weighted by Crippen LogP contribution is 2.64. The quantitative estimate of drug-likeness (QED) is 0.317. The largest absolute Gasteiger partial charge is 0.455 e. The van der Waals surface area contributed by atoms with E-state index in [1.807, 2.05) is 50.3 Å². The molecule has 0 radical (unpaired) electrons. The fraction of sp³-hybridized carbons (Fsp3) is 0.657. The minimum absolute atomic E-state index is 0.103. The topological polar surface area (TPSA) is 117 Å². The van der Waals surface area contributed by atoms with Crippen molar-refractivity contribution in [1.29, 1.82) is 0 Å². The standard InChI is InChI=1S/C35H49NO7/c1-7-31(4)23-27(38)35(41)32(5)25(30(2,3)16-15-26(32)37)22-28(33(35,6)43-31)42-29(39)14-11-19-36-20-17-34(40,18-21-36)24-12-9-8-10-13-24/h7-10,12-13,22,26,28,37,40-41H,1,11,14-21,23H2,2-6H3/t26-,28-,31-,32+,33+,35-/m0/s1. The first-order chi connectivity index (χ1) is 20.0. The number of fused-ring (bicyclic) bond motifs is 3. The maximum Gasteiger partial charge on any atom is 0.306 e.